The Morgan fingerprint density at radius 1 is 1.21 bits per heavy atom. The first-order valence-electron chi connectivity index (χ1n) is 9.15. The van der Waals surface area contributed by atoms with Crippen LogP contribution in [0.15, 0.2) is 41.3 Å². The molecule has 3 N–H and O–H groups in total. The molecular weight excluding hydrogens is 399 g/mol. The Morgan fingerprint density at radius 3 is 2.59 bits per heavy atom. The molecule has 0 bridgehead atoms. The maximum absolute atomic E-state index is 13.4. The van der Waals surface area contributed by atoms with Crippen molar-refractivity contribution in [3.8, 4) is 5.75 Å². The highest BCUT2D eigenvalue weighted by Crippen LogP contribution is 2.26. The second-order valence-electron chi connectivity index (χ2n) is 7.07. The molecule has 2 aromatic rings. The SMILES string of the molecule is COc1ccc(S(=O)(=O)N[C@@H]2CC[C@H](O)C2)cc1C(=O)Nc1ccc(F)c(C)c1. The van der Waals surface area contributed by atoms with Gasteiger partial charge < -0.3 is 15.2 Å². The van der Waals surface area contributed by atoms with Crippen LogP contribution in [0.5, 0.6) is 5.75 Å². The zero-order valence-corrected chi connectivity index (χ0v) is 16.9. The summed E-state index contributed by atoms with van der Waals surface area (Å²) in [6.45, 7) is 1.57. The monoisotopic (exact) mass is 422 g/mol. The molecule has 1 fully saturated rings. The average molecular weight is 422 g/mol. The number of methoxy groups -OCH3 is 1. The van der Waals surface area contributed by atoms with E-state index in [1.165, 1.54) is 43.5 Å². The van der Waals surface area contributed by atoms with Crippen LogP contribution in [0.1, 0.15) is 35.2 Å². The van der Waals surface area contributed by atoms with Crippen molar-refractivity contribution in [3.05, 3.63) is 53.3 Å². The predicted molar refractivity (Wildman–Crippen MR) is 106 cm³/mol. The van der Waals surface area contributed by atoms with Gasteiger partial charge in [0.15, 0.2) is 0 Å². The van der Waals surface area contributed by atoms with Crippen LogP contribution in [0.2, 0.25) is 0 Å². The molecule has 1 amide bonds. The highest BCUT2D eigenvalue weighted by atomic mass is 32.2. The Balaban J connectivity index is 1.86. The van der Waals surface area contributed by atoms with E-state index in [2.05, 4.69) is 10.0 Å². The van der Waals surface area contributed by atoms with E-state index >= 15 is 0 Å². The fraction of sp³-hybridized carbons (Fsp3) is 0.350. The van der Waals surface area contributed by atoms with Crippen molar-refractivity contribution in [1.82, 2.24) is 4.72 Å². The molecule has 0 aliphatic heterocycles. The highest BCUT2D eigenvalue weighted by Gasteiger charge is 2.28. The van der Waals surface area contributed by atoms with E-state index < -0.39 is 27.9 Å². The number of rotatable bonds is 6. The molecule has 2 atom stereocenters. The third-order valence-electron chi connectivity index (χ3n) is 4.87. The minimum Gasteiger partial charge on any atom is -0.496 e. The van der Waals surface area contributed by atoms with Crippen LogP contribution in [0, 0.1) is 12.7 Å². The average Bonchev–Trinajstić information content (AvgIpc) is 3.08. The van der Waals surface area contributed by atoms with Crippen LogP contribution < -0.4 is 14.8 Å². The van der Waals surface area contributed by atoms with E-state index in [0.717, 1.165) is 0 Å². The number of aryl methyl sites for hydroxylation is 1. The first kappa shape index (κ1) is 21.2. The normalized spacial score (nSPS) is 19.2. The lowest BCUT2D eigenvalue weighted by atomic mass is 10.1. The number of halogens is 1. The van der Waals surface area contributed by atoms with Gasteiger partial charge in [-0.2, -0.15) is 0 Å². The number of sulfonamides is 1. The molecule has 156 valence electrons. The minimum absolute atomic E-state index is 0.0313. The summed E-state index contributed by atoms with van der Waals surface area (Å²) >= 11 is 0. The molecular formula is C20H23FN2O5S. The van der Waals surface area contributed by atoms with Crippen molar-refractivity contribution in [2.75, 3.05) is 12.4 Å². The second kappa shape index (κ2) is 8.48. The van der Waals surface area contributed by atoms with Gasteiger partial charge in [0.1, 0.15) is 11.6 Å². The van der Waals surface area contributed by atoms with E-state index in [4.69, 9.17) is 4.74 Å². The Labute approximate surface area is 168 Å². The fourth-order valence-corrected chi connectivity index (χ4v) is 4.61. The summed E-state index contributed by atoms with van der Waals surface area (Å²) in [5.74, 6) is -0.769. The minimum atomic E-state index is -3.88. The maximum atomic E-state index is 13.4. The van der Waals surface area contributed by atoms with Crippen LogP contribution in [-0.2, 0) is 10.0 Å². The van der Waals surface area contributed by atoms with Crippen molar-refractivity contribution in [2.24, 2.45) is 0 Å². The number of aliphatic hydroxyl groups is 1. The van der Waals surface area contributed by atoms with Gasteiger partial charge in [-0.25, -0.2) is 17.5 Å². The Morgan fingerprint density at radius 2 is 1.97 bits per heavy atom. The molecule has 1 aliphatic carbocycles. The van der Waals surface area contributed by atoms with Crippen molar-refractivity contribution in [1.29, 1.82) is 0 Å². The van der Waals surface area contributed by atoms with Crippen LogP contribution >= 0.6 is 0 Å². The number of anilines is 1. The lowest BCUT2D eigenvalue weighted by Gasteiger charge is -2.15. The molecule has 1 saturated carbocycles. The van der Waals surface area contributed by atoms with Crippen molar-refractivity contribution >= 4 is 21.6 Å². The molecule has 0 aromatic heterocycles. The third-order valence-corrected chi connectivity index (χ3v) is 6.39. The summed E-state index contributed by atoms with van der Waals surface area (Å²) in [5, 5.41) is 12.2. The van der Waals surface area contributed by atoms with Gasteiger partial charge in [-0.05, 0) is 68.1 Å². The molecule has 9 heteroatoms. The van der Waals surface area contributed by atoms with Gasteiger partial charge in [0.2, 0.25) is 10.0 Å². The Hall–Kier alpha value is -2.49. The molecule has 1 aliphatic rings. The number of hydrogen-bond acceptors (Lipinski definition) is 5. The van der Waals surface area contributed by atoms with E-state index in [0.29, 0.717) is 30.5 Å². The van der Waals surface area contributed by atoms with Crippen molar-refractivity contribution in [2.45, 2.75) is 43.2 Å². The molecule has 0 spiro atoms. The maximum Gasteiger partial charge on any atom is 0.259 e. The molecule has 2 aromatic carbocycles. The number of hydrogen-bond donors (Lipinski definition) is 3. The van der Waals surface area contributed by atoms with E-state index in [-0.39, 0.29) is 22.3 Å². The fourth-order valence-electron chi connectivity index (χ4n) is 3.30. The Bertz CT molecular complexity index is 1030. The number of ether oxygens (including phenoxy) is 1. The summed E-state index contributed by atoms with van der Waals surface area (Å²) in [4.78, 5) is 12.6. The summed E-state index contributed by atoms with van der Waals surface area (Å²) in [6.07, 6.45) is 0.931. The number of carbonyl (C=O) groups excluding carboxylic acids is 1. The molecule has 0 unspecified atom stereocenters. The van der Waals surface area contributed by atoms with Gasteiger partial charge in [0.05, 0.1) is 23.7 Å². The molecule has 0 heterocycles. The van der Waals surface area contributed by atoms with E-state index in [1.807, 2.05) is 0 Å². The number of aliphatic hydroxyl groups excluding tert-OH is 1. The zero-order valence-electron chi connectivity index (χ0n) is 16.1. The van der Waals surface area contributed by atoms with Gasteiger partial charge >= 0.3 is 0 Å². The number of amides is 1. The number of benzene rings is 2. The lowest BCUT2D eigenvalue weighted by molar-refractivity contribution is 0.102. The number of carbonyl (C=O) groups is 1. The zero-order chi connectivity index (χ0) is 21.2. The summed E-state index contributed by atoms with van der Waals surface area (Å²) in [5.41, 5.74) is 0.778. The first-order chi connectivity index (χ1) is 13.7. The van der Waals surface area contributed by atoms with Gasteiger partial charge in [-0.1, -0.05) is 0 Å². The molecule has 0 radical (unpaired) electrons. The van der Waals surface area contributed by atoms with Crippen LogP contribution in [-0.4, -0.2) is 38.7 Å². The predicted octanol–water partition coefficient (Wildman–Crippen LogP) is 2.59. The molecule has 7 nitrogen and oxygen atoms in total. The second-order valence-corrected chi connectivity index (χ2v) is 8.78. The first-order valence-corrected chi connectivity index (χ1v) is 10.6. The van der Waals surface area contributed by atoms with Crippen molar-refractivity contribution < 1.29 is 27.4 Å². The van der Waals surface area contributed by atoms with Crippen LogP contribution in [0.3, 0.4) is 0 Å². The molecule has 3 rings (SSSR count). The molecule has 0 saturated heterocycles. The topological polar surface area (TPSA) is 105 Å². The highest BCUT2D eigenvalue weighted by molar-refractivity contribution is 7.89. The van der Waals surface area contributed by atoms with Gasteiger partial charge in [-0.15, -0.1) is 0 Å². The van der Waals surface area contributed by atoms with Gasteiger partial charge in [-0.3, -0.25) is 4.79 Å². The quantitative estimate of drug-likeness (QED) is 0.664. The van der Waals surface area contributed by atoms with Crippen LogP contribution in [0.25, 0.3) is 0 Å². The largest absolute Gasteiger partial charge is 0.496 e. The summed E-state index contributed by atoms with van der Waals surface area (Å²) in [7, 11) is -2.50. The molecule has 29 heavy (non-hydrogen) atoms. The third kappa shape index (κ3) is 4.92. The number of nitrogens with one attached hydrogen (secondary N) is 2. The van der Waals surface area contributed by atoms with E-state index in [1.54, 1.807) is 6.92 Å². The standard InChI is InChI=1S/C20H23FN2O5S/c1-12-9-13(4-7-18(12)21)22-20(25)17-11-16(6-8-19(17)28-2)29(26,27)23-14-3-5-15(24)10-14/h4,6-9,11,14-15,23-24H,3,5,10H2,1-2H3,(H,22,25)/t14-,15+/m1/s1. The van der Waals surface area contributed by atoms with E-state index in [9.17, 15) is 22.7 Å². The summed E-state index contributed by atoms with van der Waals surface area (Å²) < 4.78 is 46.6. The lowest BCUT2D eigenvalue weighted by Crippen LogP contribution is -2.33. The van der Waals surface area contributed by atoms with Crippen molar-refractivity contribution in [3.63, 3.8) is 0 Å². The van der Waals surface area contributed by atoms with Gasteiger partial charge in [0.25, 0.3) is 5.91 Å². The smallest absolute Gasteiger partial charge is 0.259 e. The van der Waals surface area contributed by atoms with Crippen LogP contribution in [0.4, 0.5) is 10.1 Å². The Kier molecular flexibility index (Phi) is 6.21. The summed E-state index contributed by atoms with van der Waals surface area (Å²) in [6, 6.07) is 7.78. The van der Waals surface area contributed by atoms with Gasteiger partial charge in [0, 0.05) is 11.7 Å².